The van der Waals surface area contributed by atoms with E-state index in [4.69, 9.17) is 21.1 Å². The Hall–Kier alpha value is -2.23. The number of aryl methyl sites for hydroxylation is 1. The number of sulfonamides is 1. The molecule has 0 aliphatic rings. The zero-order valence-electron chi connectivity index (χ0n) is 16.4. The molecule has 2 aromatic rings. The number of carbonyl (C=O) groups excluding carboxylic acids is 1. The summed E-state index contributed by atoms with van der Waals surface area (Å²) in [6.45, 7) is 4.21. The number of hydrogen-bond acceptors (Lipinski definition) is 5. The SMILES string of the molecule is CCN(CC)S(=O)(=O)c1cc(C(=O)Nc2cc(Cl)c(OC)cc2OC)n(C)c1. The second-order valence-electron chi connectivity index (χ2n) is 5.90. The van der Waals surface area contributed by atoms with Crippen molar-refractivity contribution in [1.29, 1.82) is 0 Å². The molecule has 0 aliphatic carbocycles. The fraction of sp³-hybridized carbons (Fsp3) is 0.389. The lowest BCUT2D eigenvalue weighted by atomic mass is 10.2. The molecular formula is C18H24ClN3O5S. The molecular weight excluding hydrogens is 406 g/mol. The van der Waals surface area contributed by atoms with Gasteiger partial charge >= 0.3 is 0 Å². The van der Waals surface area contributed by atoms with Crippen LogP contribution in [0.4, 0.5) is 5.69 Å². The van der Waals surface area contributed by atoms with Crippen LogP contribution in [0.1, 0.15) is 24.3 Å². The highest BCUT2D eigenvalue weighted by atomic mass is 35.5. The minimum atomic E-state index is -3.67. The molecule has 0 saturated heterocycles. The van der Waals surface area contributed by atoms with Crippen LogP contribution in [-0.2, 0) is 17.1 Å². The Morgan fingerprint density at radius 3 is 2.29 bits per heavy atom. The Morgan fingerprint density at radius 1 is 1.14 bits per heavy atom. The van der Waals surface area contributed by atoms with Crippen molar-refractivity contribution < 1.29 is 22.7 Å². The molecule has 0 bridgehead atoms. The molecule has 28 heavy (non-hydrogen) atoms. The number of hydrogen-bond donors (Lipinski definition) is 1. The zero-order chi connectivity index (χ0) is 21.1. The van der Waals surface area contributed by atoms with E-state index in [9.17, 15) is 13.2 Å². The van der Waals surface area contributed by atoms with Crippen LogP contribution in [0.2, 0.25) is 5.02 Å². The fourth-order valence-corrected chi connectivity index (χ4v) is 4.53. The maximum atomic E-state index is 12.7. The summed E-state index contributed by atoms with van der Waals surface area (Å²) in [5, 5.41) is 3.00. The first kappa shape index (κ1) is 22.1. The monoisotopic (exact) mass is 429 g/mol. The van der Waals surface area contributed by atoms with Crippen LogP contribution in [0.25, 0.3) is 0 Å². The Bertz CT molecular complexity index is 968. The van der Waals surface area contributed by atoms with Gasteiger partial charge in [-0.1, -0.05) is 25.4 Å². The van der Waals surface area contributed by atoms with E-state index in [0.29, 0.717) is 35.3 Å². The van der Waals surface area contributed by atoms with Crippen molar-refractivity contribution in [2.24, 2.45) is 7.05 Å². The number of nitrogens with one attached hydrogen (secondary N) is 1. The van der Waals surface area contributed by atoms with Crippen molar-refractivity contribution in [2.75, 3.05) is 32.6 Å². The van der Waals surface area contributed by atoms with Crippen molar-refractivity contribution in [2.45, 2.75) is 18.7 Å². The molecule has 0 spiro atoms. The van der Waals surface area contributed by atoms with E-state index in [2.05, 4.69) is 5.32 Å². The van der Waals surface area contributed by atoms with Crippen molar-refractivity contribution >= 4 is 33.2 Å². The lowest BCUT2D eigenvalue weighted by molar-refractivity contribution is 0.101. The standard InChI is InChI=1S/C18H24ClN3O5S/c1-6-22(7-2)28(24,25)12-8-15(21(3)11-12)18(23)20-14-9-13(19)16(26-4)10-17(14)27-5/h8-11H,6-7H2,1-5H3,(H,20,23). The normalized spacial score (nSPS) is 11.5. The van der Waals surface area contributed by atoms with E-state index in [1.807, 2.05) is 0 Å². The summed E-state index contributed by atoms with van der Waals surface area (Å²) in [4.78, 5) is 12.8. The highest BCUT2D eigenvalue weighted by Gasteiger charge is 2.25. The van der Waals surface area contributed by atoms with E-state index in [1.165, 1.54) is 41.4 Å². The molecule has 1 aromatic carbocycles. The summed E-state index contributed by atoms with van der Waals surface area (Å²) < 4.78 is 38.6. The van der Waals surface area contributed by atoms with Gasteiger partial charge < -0.3 is 19.4 Å². The summed E-state index contributed by atoms with van der Waals surface area (Å²) in [7, 11) is 0.865. The van der Waals surface area contributed by atoms with Gasteiger partial charge in [-0.3, -0.25) is 4.79 Å². The van der Waals surface area contributed by atoms with E-state index in [0.717, 1.165) is 0 Å². The summed E-state index contributed by atoms with van der Waals surface area (Å²) in [5.41, 5.74) is 0.521. The molecule has 154 valence electrons. The number of carbonyl (C=O) groups is 1. The molecule has 10 heteroatoms. The summed E-state index contributed by atoms with van der Waals surface area (Å²) in [6, 6.07) is 4.41. The van der Waals surface area contributed by atoms with Crippen molar-refractivity contribution in [3.8, 4) is 11.5 Å². The molecule has 2 rings (SSSR count). The number of rotatable bonds is 8. The van der Waals surface area contributed by atoms with Crippen LogP contribution in [-0.4, -0.2) is 50.5 Å². The molecule has 0 aliphatic heterocycles. The average Bonchev–Trinajstić information content (AvgIpc) is 3.05. The van der Waals surface area contributed by atoms with Gasteiger partial charge in [-0.25, -0.2) is 8.42 Å². The molecule has 1 N–H and O–H groups in total. The maximum absolute atomic E-state index is 12.7. The van der Waals surface area contributed by atoms with Crippen molar-refractivity contribution in [1.82, 2.24) is 8.87 Å². The van der Waals surface area contributed by atoms with Gasteiger partial charge in [0.15, 0.2) is 0 Å². The minimum Gasteiger partial charge on any atom is -0.495 e. The molecule has 1 amide bonds. The number of halogens is 1. The van der Waals surface area contributed by atoms with Crippen LogP contribution in [0, 0.1) is 0 Å². The summed E-state index contributed by atoms with van der Waals surface area (Å²) >= 11 is 6.13. The van der Waals surface area contributed by atoms with Gasteiger partial charge in [-0.05, 0) is 12.1 Å². The first-order chi connectivity index (χ1) is 13.2. The van der Waals surface area contributed by atoms with Crippen LogP contribution in [0.15, 0.2) is 29.3 Å². The second-order valence-corrected chi connectivity index (χ2v) is 8.25. The number of benzene rings is 1. The number of nitrogens with zero attached hydrogens (tertiary/aromatic N) is 2. The topological polar surface area (TPSA) is 89.9 Å². The lowest BCUT2D eigenvalue weighted by Gasteiger charge is -2.17. The molecule has 1 heterocycles. The molecule has 0 saturated carbocycles. The molecule has 0 fully saturated rings. The van der Waals surface area contributed by atoms with Gasteiger partial charge in [-0.2, -0.15) is 4.31 Å². The van der Waals surface area contributed by atoms with Gasteiger partial charge in [0.2, 0.25) is 10.0 Å². The first-order valence-corrected chi connectivity index (χ1v) is 10.4. The highest BCUT2D eigenvalue weighted by molar-refractivity contribution is 7.89. The first-order valence-electron chi connectivity index (χ1n) is 8.58. The van der Waals surface area contributed by atoms with Gasteiger partial charge in [-0.15, -0.1) is 0 Å². The largest absolute Gasteiger partial charge is 0.495 e. The Morgan fingerprint density at radius 2 is 1.75 bits per heavy atom. The average molecular weight is 430 g/mol. The quantitative estimate of drug-likeness (QED) is 0.696. The molecule has 8 nitrogen and oxygen atoms in total. The van der Waals surface area contributed by atoms with Gasteiger partial charge in [0, 0.05) is 32.4 Å². The van der Waals surface area contributed by atoms with E-state index in [-0.39, 0.29) is 10.6 Å². The van der Waals surface area contributed by atoms with Gasteiger partial charge in [0.25, 0.3) is 5.91 Å². The third-order valence-electron chi connectivity index (χ3n) is 4.28. The number of amides is 1. The number of methoxy groups -OCH3 is 2. The minimum absolute atomic E-state index is 0.0589. The van der Waals surface area contributed by atoms with Crippen LogP contribution in [0.3, 0.4) is 0 Å². The Labute approximate surface area is 170 Å². The number of aromatic nitrogens is 1. The third kappa shape index (κ3) is 4.26. The third-order valence-corrected chi connectivity index (χ3v) is 6.59. The Kier molecular flexibility index (Phi) is 6.97. The smallest absolute Gasteiger partial charge is 0.272 e. The zero-order valence-corrected chi connectivity index (χ0v) is 18.0. The van der Waals surface area contributed by atoms with Crippen molar-refractivity contribution in [3.05, 3.63) is 35.1 Å². The predicted octanol–water partition coefficient (Wildman–Crippen LogP) is 2.98. The van der Waals surface area contributed by atoms with Crippen LogP contribution < -0.4 is 14.8 Å². The van der Waals surface area contributed by atoms with E-state index >= 15 is 0 Å². The second kappa shape index (κ2) is 8.85. The fourth-order valence-electron chi connectivity index (χ4n) is 2.76. The van der Waals surface area contributed by atoms with E-state index < -0.39 is 15.9 Å². The molecule has 0 unspecified atom stereocenters. The molecule has 0 radical (unpaired) electrons. The Balaban J connectivity index is 2.37. The maximum Gasteiger partial charge on any atom is 0.272 e. The number of ether oxygens (including phenoxy) is 2. The van der Waals surface area contributed by atoms with Gasteiger partial charge in [0.1, 0.15) is 22.1 Å². The lowest BCUT2D eigenvalue weighted by Crippen LogP contribution is -2.30. The summed E-state index contributed by atoms with van der Waals surface area (Å²) in [6.07, 6.45) is 1.42. The molecule has 1 aromatic heterocycles. The number of anilines is 1. The highest BCUT2D eigenvalue weighted by Crippen LogP contribution is 2.36. The van der Waals surface area contributed by atoms with Crippen molar-refractivity contribution in [3.63, 3.8) is 0 Å². The van der Waals surface area contributed by atoms with Crippen LogP contribution in [0.5, 0.6) is 11.5 Å². The molecule has 0 atom stereocenters. The van der Waals surface area contributed by atoms with Gasteiger partial charge in [0.05, 0.1) is 24.9 Å². The predicted molar refractivity (Wildman–Crippen MR) is 108 cm³/mol. The van der Waals surface area contributed by atoms with E-state index in [1.54, 1.807) is 27.0 Å². The summed E-state index contributed by atoms with van der Waals surface area (Å²) in [5.74, 6) is 0.269. The van der Waals surface area contributed by atoms with Crippen LogP contribution >= 0.6 is 11.6 Å².